The van der Waals surface area contributed by atoms with Gasteiger partial charge in [-0.3, -0.25) is 4.79 Å². The van der Waals surface area contributed by atoms with Crippen LogP contribution >= 0.6 is 0 Å². The molecule has 1 heterocycles. The predicted octanol–water partition coefficient (Wildman–Crippen LogP) is 2.69. The number of benzene rings is 1. The van der Waals surface area contributed by atoms with Gasteiger partial charge in [-0.05, 0) is 24.6 Å². The number of rotatable bonds is 2. The third-order valence-corrected chi connectivity index (χ3v) is 2.51. The molecule has 1 unspecified atom stereocenters. The Labute approximate surface area is 82.9 Å². The number of aromatic nitrogens is 1. The number of nitrogens with one attached hydrogen (secondary N) is 1. The molecule has 1 atom stereocenters. The Morgan fingerprint density at radius 2 is 2.21 bits per heavy atom. The molecular formula is C12H12NO. The minimum Gasteiger partial charge on any atom is -0.361 e. The van der Waals surface area contributed by atoms with E-state index in [0.29, 0.717) is 0 Å². The van der Waals surface area contributed by atoms with Gasteiger partial charge < -0.3 is 4.98 Å². The monoisotopic (exact) mass is 186 g/mol. The standard InChI is InChI=1S/C12H12NO/c1-8-3-4-12-10(5-8)11(6-13-12)9(2)7-14/h3-6,9,13H,1-2H3. The highest BCUT2D eigenvalue weighted by Gasteiger charge is 2.10. The van der Waals surface area contributed by atoms with E-state index in [1.54, 1.807) is 0 Å². The quantitative estimate of drug-likeness (QED) is 0.768. The van der Waals surface area contributed by atoms with Gasteiger partial charge in [0.15, 0.2) is 0 Å². The zero-order valence-electron chi connectivity index (χ0n) is 8.29. The predicted molar refractivity (Wildman–Crippen MR) is 57.1 cm³/mol. The number of aromatic amines is 1. The van der Waals surface area contributed by atoms with Crippen LogP contribution in [0.5, 0.6) is 0 Å². The van der Waals surface area contributed by atoms with Crippen LogP contribution in [0, 0.1) is 6.92 Å². The first-order valence-corrected chi connectivity index (χ1v) is 4.67. The number of fused-ring (bicyclic) bond motifs is 1. The molecule has 0 aliphatic heterocycles. The molecule has 71 valence electrons. The molecule has 1 radical (unpaired) electrons. The highest BCUT2D eigenvalue weighted by molar-refractivity contribution is 5.87. The molecule has 0 aliphatic carbocycles. The van der Waals surface area contributed by atoms with E-state index < -0.39 is 0 Å². The largest absolute Gasteiger partial charge is 0.361 e. The molecule has 0 fully saturated rings. The minimum absolute atomic E-state index is 0.162. The highest BCUT2D eigenvalue weighted by Crippen LogP contribution is 2.24. The molecule has 2 nitrogen and oxygen atoms in total. The van der Waals surface area contributed by atoms with E-state index in [0.717, 1.165) is 16.5 Å². The summed E-state index contributed by atoms with van der Waals surface area (Å²) < 4.78 is 0. The summed E-state index contributed by atoms with van der Waals surface area (Å²) in [6.45, 7) is 3.91. The summed E-state index contributed by atoms with van der Waals surface area (Å²) in [5.74, 6) is -0.162. The molecule has 2 aromatic rings. The van der Waals surface area contributed by atoms with E-state index in [1.807, 2.05) is 32.4 Å². The summed E-state index contributed by atoms with van der Waals surface area (Å²) in [5.41, 5.74) is 3.31. The highest BCUT2D eigenvalue weighted by atomic mass is 16.1. The maximum absolute atomic E-state index is 10.6. The lowest BCUT2D eigenvalue weighted by atomic mass is 10.0. The van der Waals surface area contributed by atoms with Gasteiger partial charge in [0.1, 0.15) is 0 Å². The summed E-state index contributed by atoms with van der Waals surface area (Å²) in [6, 6.07) is 6.18. The summed E-state index contributed by atoms with van der Waals surface area (Å²) in [4.78, 5) is 13.7. The molecule has 0 saturated carbocycles. The summed E-state index contributed by atoms with van der Waals surface area (Å²) in [6.07, 6.45) is 3.90. The van der Waals surface area contributed by atoms with Crippen molar-refractivity contribution in [2.24, 2.45) is 0 Å². The summed E-state index contributed by atoms with van der Waals surface area (Å²) in [5, 5.41) is 1.13. The lowest BCUT2D eigenvalue weighted by Crippen LogP contribution is -1.92. The van der Waals surface area contributed by atoms with E-state index >= 15 is 0 Å². The number of aryl methyl sites for hydroxylation is 1. The van der Waals surface area contributed by atoms with Gasteiger partial charge in [-0.1, -0.05) is 18.6 Å². The number of hydrogen-bond donors (Lipinski definition) is 1. The number of carbonyl (C=O) groups excluding carboxylic acids is 1. The van der Waals surface area contributed by atoms with Crippen LogP contribution in [-0.2, 0) is 4.79 Å². The van der Waals surface area contributed by atoms with Crippen LogP contribution in [0.25, 0.3) is 10.9 Å². The molecule has 2 heteroatoms. The molecule has 2 rings (SSSR count). The topological polar surface area (TPSA) is 32.9 Å². The zero-order chi connectivity index (χ0) is 10.1. The molecule has 0 spiro atoms. The van der Waals surface area contributed by atoms with E-state index in [-0.39, 0.29) is 5.92 Å². The van der Waals surface area contributed by atoms with Gasteiger partial charge in [-0.25, -0.2) is 0 Å². The fraction of sp³-hybridized carbons (Fsp3) is 0.250. The molecule has 0 amide bonds. The Hall–Kier alpha value is -1.57. The van der Waals surface area contributed by atoms with Crippen LogP contribution in [0.1, 0.15) is 24.0 Å². The van der Waals surface area contributed by atoms with Crippen molar-refractivity contribution in [2.45, 2.75) is 19.8 Å². The van der Waals surface area contributed by atoms with Crippen LogP contribution < -0.4 is 0 Å². The van der Waals surface area contributed by atoms with Gasteiger partial charge in [0, 0.05) is 23.0 Å². The van der Waals surface area contributed by atoms with Crippen LogP contribution in [0.2, 0.25) is 0 Å². The first-order valence-electron chi connectivity index (χ1n) is 4.67. The Morgan fingerprint density at radius 3 is 2.93 bits per heavy atom. The second kappa shape index (κ2) is 3.29. The third-order valence-electron chi connectivity index (χ3n) is 2.51. The summed E-state index contributed by atoms with van der Waals surface area (Å²) in [7, 11) is 0. The van der Waals surface area contributed by atoms with Gasteiger partial charge in [0.05, 0.1) is 0 Å². The smallest absolute Gasteiger partial charge is 0.206 e. The number of hydrogen-bond acceptors (Lipinski definition) is 1. The first-order chi connectivity index (χ1) is 6.72. The maximum Gasteiger partial charge on any atom is 0.206 e. The van der Waals surface area contributed by atoms with Gasteiger partial charge in [-0.15, -0.1) is 0 Å². The van der Waals surface area contributed by atoms with Crippen LogP contribution in [0.4, 0.5) is 0 Å². The van der Waals surface area contributed by atoms with Gasteiger partial charge in [0.2, 0.25) is 6.29 Å². The Balaban J connectivity index is 2.66. The molecule has 0 aliphatic rings. The lowest BCUT2D eigenvalue weighted by molar-refractivity contribution is 0.547. The van der Waals surface area contributed by atoms with Crippen molar-refractivity contribution < 1.29 is 4.79 Å². The molecule has 1 aromatic heterocycles. The Bertz CT molecular complexity index is 470. The molecule has 1 aromatic carbocycles. The van der Waals surface area contributed by atoms with E-state index in [4.69, 9.17) is 0 Å². The van der Waals surface area contributed by atoms with Crippen LogP contribution in [0.3, 0.4) is 0 Å². The van der Waals surface area contributed by atoms with Crippen molar-refractivity contribution in [3.05, 3.63) is 35.5 Å². The lowest BCUT2D eigenvalue weighted by Gasteiger charge is -2.00. The molecule has 0 bridgehead atoms. The Kier molecular flexibility index (Phi) is 2.12. The normalized spacial score (nSPS) is 13.0. The molecular weight excluding hydrogens is 174 g/mol. The van der Waals surface area contributed by atoms with Crippen LogP contribution in [0.15, 0.2) is 24.4 Å². The molecule has 0 saturated heterocycles. The van der Waals surface area contributed by atoms with Crippen molar-refractivity contribution in [3.63, 3.8) is 0 Å². The van der Waals surface area contributed by atoms with Crippen molar-refractivity contribution >= 4 is 17.2 Å². The van der Waals surface area contributed by atoms with Gasteiger partial charge in [0.25, 0.3) is 0 Å². The second-order valence-corrected chi connectivity index (χ2v) is 3.63. The zero-order valence-corrected chi connectivity index (χ0v) is 8.29. The van der Waals surface area contributed by atoms with E-state index in [2.05, 4.69) is 17.1 Å². The average Bonchev–Trinajstić information content (AvgIpc) is 2.59. The summed E-state index contributed by atoms with van der Waals surface area (Å²) >= 11 is 0. The minimum atomic E-state index is -0.162. The van der Waals surface area contributed by atoms with Gasteiger partial charge >= 0.3 is 0 Å². The van der Waals surface area contributed by atoms with Crippen molar-refractivity contribution in [2.75, 3.05) is 0 Å². The molecule has 14 heavy (non-hydrogen) atoms. The average molecular weight is 186 g/mol. The van der Waals surface area contributed by atoms with Crippen molar-refractivity contribution in [1.82, 2.24) is 4.98 Å². The Morgan fingerprint density at radius 1 is 1.43 bits per heavy atom. The van der Waals surface area contributed by atoms with Gasteiger partial charge in [-0.2, -0.15) is 0 Å². The molecule has 1 N–H and O–H groups in total. The number of H-pyrrole nitrogens is 1. The third kappa shape index (κ3) is 1.33. The first kappa shape index (κ1) is 9.00. The van der Waals surface area contributed by atoms with Crippen molar-refractivity contribution in [1.29, 1.82) is 0 Å². The van der Waals surface area contributed by atoms with E-state index in [1.165, 1.54) is 5.56 Å². The SMILES string of the molecule is Cc1ccc2[nH]cc(C(C)[C]=O)c2c1. The van der Waals surface area contributed by atoms with Crippen molar-refractivity contribution in [3.8, 4) is 0 Å². The fourth-order valence-electron chi connectivity index (χ4n) is 1.68. The maximum atomic E-state index is 10.6. The van der Waals surface area contributed by atoms with Crippen LogP contribution in [-0.4, -0.2) is 11.3 Å². The second-order valence-electron chi connectivity index (χ2n) is 3.63. The fourth-order valence-corrected chi connectivity index (χ4v) is 1.68. The van der Waals surface area contributed by atoms with E-state index in [9.17, 15) is 4.79 Å².